The minimum Gasteiger partial charge on any atom is -0.273 e. The first-order chi connectivity index (χ1) is 15.5. The Morgan fingerprint density at radius 2 is 1.53 bits per heavy atom. The fourth-order valence-corrected chi connectivity index (χ4v) is 4.09. The number of hydrogen-bond acceptors (Lipinski definition) is 3. The smallest absolute Gasteiger partial charge is 0.273 e. The van der Waals surface area contributed by atoms with Gasteiger partial charge in [-0.3, -0.25) is 14.9 Å². The normalized spacial score (nSPS) is 15.2. The third-order valence-corrected chi connectivity index (χ3v) is 6.13. The lowest BCUT2D eigenvalue weighted by Crippen LogP contribution is -2.54. The minimum atomic E-state index is -0.734. The third-order valence-electron chi connectivity index (χ3n) is 5.36. The summed E-state index contributed by atoms with van der Waals surface area (Å²) in [5.41, 5.74) is 4.24. The summed E-state index contributed by atoms with van der Waals surface area (Å²) in [7, 11) is 0. The molecular weight excluding hydrogens is 468 g/mol. The first-order valence-electron chi connectivity index (χ1n) is 10.3. The Hall–Kier alpha value is -3.51. The van der Waals surface area contributed by atoms with Crippen molar-refractivity contribution in [3.05, 3.63) is 105 Å². The first-order valence-corrected chi connectivity index (χ1v) is 11.1. The van der Waals surface area contributed by atoms with Crippen molar-refractivity contribution in [2.75, 3.05) is 4.90 Å². The Kier molecular flexibility index (Phi) is 6.32. The topological polar surface area (TPSA) is 66.5 Å². The van der Waals surface area contributed by atoms with Crippen LogP contribution in [0.5, 0.6) is 0 Å². The maximum absolute atomic E-state index is 13.1. The Morgan fingerprint density at radius 1 is 0.875 bits per heavy atom. The fraction of sp³-hybridized carbons (Fsp3) is 0.115. The summed E-state index contributed by atoms with van der Waals surface area (Å²) in [5.74, 6) is -1.32. The van der Waals surface area contributed by atoms with Gasteiger partial charge in [0.2, 0.25) is 0 Å². The molecule has 3 aromatic rings. The van der Waals surface area contributed by atoms with Gasteiger partial charge in [-0.2, -0.15) is 0 Å². The van der Waals surface area contributed by atoms with Crippen molar-refractivity contribution < 1.29 is 14.4 Å². The lowest BCUT2D eigenvalue weighted by molar-refractivity contribution is -0.122. The summed E-state index contributed by atoms with van der Waals surface area (Å²) < 4.78 is 1.05. The molecule has 5 nitrogen and oxygen atoms in total. The van der Waals surface area contributed by atoms with Crippen molar-refractivity contribution in [1.29, 1.82) is 0 Å². The van der Waals surface area contributed by atoms with Crippen LogP contribution in [-0.2, 0) is 22.4 Å². The van der Waals surface area contributed by atoms with Gasteiger partial charge in [-0.05, 0) is 53.3 Å². The average molecular weight is 489 g/mol. The highest BCUT2D eigenvalue weighted by Crippen LogP contribution is 2.26. The van der Waals surface area contributed by atoms with Crippen LogP contribution in [0.4, 0.5) is 10.5 Å². The highest BCUT2D eigenvalue weighted by Gasteiger charge is 2.37. The van der Waals surface area contributed by atoms with E-state index in [4.69, 9.17) is 0 Å². The molecule has 160 valence electrons. The van der Waals surface area contributed by atoms with Crippen molar-refractivity contribution in [3.8, 4) is 0 Å². The molecule has 0 atom stereocenters. The lowest BCUT2D eigenvalue weighted by Gasteiger charge is -2.28. The molecule has 32 heavy (non-hydrogen) atoms. The summed E-state index contributed by atoms with van der Waals surface area (Å²) >= 11 is 3.56. The van der Waals surface area contributed by atoms with Gasteiger partial charge in [0.25, 0.3) is 11.8 Å². The van der Waals surface area contributed by atoms with Gasteiger partial charge in [0.05, 0.1) is 5.69 Å². The van der Waals surface area contributed by atoms with E-state index in [0.29, 0.717) is 17.7 Å². The van der Waals surface area contributed by atoms with Crippen LogP contribution in [0.25, 0.3) is 6.08 Å². The molecule has 1 N–H and O–H groups in total. The molecule has 1 aliphatic rings. The third kappa shape index (κ3) is 4.41. The highest BCUT2D eigenvalue weighted by molar-refractivity contribution is 9.10. The highest BCUT2D eigenvalue weighted by atomic mass is 79.9. The summed E-state index contributed by atoms with van der Waals surface area (Å²) in [6.45, 7) is 1.95. The number of halogens is 1. The van der Waals surface area contributed by atoms with Gasteiger partial charge in [0.15, 0.2) is 0 Å². The number of anilines is 1. The van der Waals surface area contributed by atoms with Gasteiger partial charge >= 0.3 is 6.03 Å². The van der Waals surface area contributed by atoms with Crippen molar-refractivity contribution in [2.45, 2.75) is 19.8 Å². The number of benzene rings is 3. The zero-order valence-electron chi connectivity index (χ0n) is 17.5. The maximum atomic E-state index is 13.1. The Balaban J connectivity index is 1.61. The molecule has 1 saturated heterocycles. The van der Waals surface area contributed by atoms with Crippen molar-refractivity contribution in [1.82, 2.24) is 5.32 Å². The largest absolute Gasteiger partial charge is 0.335 e. The predicted octanol–water partition coefficient (Wildman–Crippen LogP) is 5.27. The SMILES string of the molecule is CCc1ccccc1N1C(=O)NC(=O)/C(=C/c2ccc(Cc3ccccc3Br)cc2)C1=O. The molecule has 3 aromatic carbocycles. The Labute approximate surface area is 194 Å². The van der Waals surface area contributed by atoms with E-state index in [9.17, 15) is 14.4 Å². The predicted molar refractivity (Wildman–Crippen MR) is 128 cm³/mol. The summed E-state index contributed by atoms with van der Waals surface area (Å²) in [5, 5.41) is 2.28. The number of hydrogen-bond donors (Lipinski definition) is 1. The van der Waals surface area contributed by atoms with Gasteiger partial charge in [0.1, 0.15) is 5.57 Å². The summed E-state index contributed by atoms with van der Waals surface area (Å²) in [6.07, 6.45) is 2.93. The average Bonchev–Trinajstić information content (AvgIpc) is 2.79. The number of amides is 4. The number of rotatable bonds is 5. The van der Waals surface area contributed by atoms with E-state index < -0.39 is 17.8 Å². The van der Waals surface area contributed by atoms with Crippen LogP contribution in [0.1, 0.15) is 29.2 Å². The standard InChI is InChI=1S/C26H21BrN2O3/c1-2-19-7-4-6-10-23(19)29-25(31)21(24(30)28-26(29)32)16-18-13-11-17(12-14-18)15-20-8-3-5-9-22(20)27/h3-14,16H,2,15H2,1H3,(H,28,30,32)/b21-16-. The number of aryl methyl sites for hydroxylation is 1. The molecule has 0 aliphatic carbocycles. The van der Waals surface area contributed by atoms with Crippen molar-refractivity contribution in [2.24, 2.45) is 0 Å². The second-order valence-corrected chi connectivity index (χ2v) is 8.30. The molecule has 0 unspecified atom stereocenters. The fourth-order valence-electron chi connectivity index (χ4n) is 3.66. The van der Waals surface area contributed by atoms with E-state index in [1.807, 2.05) is 61.5 Å². The molecule has 4 amide bonds. The summed E-state index contributed by atoms with van der Waals surface area (Å²) in [4.78, 5) is 39.1. The van der Waals surface area contributed by atoms with Gasteiger partial charge in [-0.25, -0.2) is 9.69 Å². The van der Waals surface area contributed by atoms with Crippen LogP contribution in [0.3, 0.4) is 0 Å². The maximum Gasteiger partial charge on any atom is 0.335 e. The minimum absolute atomic E-state index is 0.0749. The van der Waals surface area contributed by atoms with Crippen LogP contribution >= 0.6 is 15.9 Å². The van der Waals surface area contributed by atoms with Gasteiger partial charge < -0.3 is 0 Å². The van der Waals surface area contributed by atoms with Gasteiger partial charge in [-0.1, -0.05) is 83.5 Å². The first kappa shape index (κ1) is 21.7. The molecule has 1 aliphatic heterocycles. The number of nitrogens with one attached hydrogen (secondary N) is 1. The van der Waals surface area contributed by atoms with E-state index in [0.717, 1.165) is 26.9 Å². The monoisotopic (exact) mass is 488 g/mol. The zero-order valence-corrected chi connectivity index (χ0v) is 19.1. The van der Waals surface area contributed by atoms with Crippen LogP contribution in [0, 0.1) is 0 Å². The van der Waals surface area contributed by atoms with E-state index >= 15 is 0 Å². The second kappa shape index (κ2) is 9.32. The van der Waals surface area contributed by atoms with Crippen molar-refractivity contribution >= 4 is 45.5 Å². The van der Waals surface area contributed by atoms with Crippen molar-refractivity contribution in [3.63, 3.8) is 0 Å². The molecule has 0 spiro atoms. The van der Waals surface area contributed by atoms with E-state index in [-0.39, 0.29) is 5.57 Å². The number of carbonyl (C=O) groups is 3. The summed E-state index contributed by atoms with van der Waals surface area (Å²) in [6, 6.07) is 22.1. The Morgan fingerprint density at radius 3 is 2.22 bits per heavy atom. The van der Waals surface area contributed by atoms with E-state index in [1.54, 1.807) is 12.1 Å². The number of carbonyl (C=O) groups excluding carboxylic acids is 3. The molecule has 0 aromatic heterocycles. The van der Waals surface area contributed by atoms with E-state index in [1.165, 1.54) is 11.6 Å². The molecule has 0 saturated carbocycles. The number of urea groups is 1. The molecule has 6 heteroatoms. The molecular formula is C26H21BrN2O3. The van der Waals surface area contributed by atoms with Gasteiger partial charge in [-0.15, -0.1) is 0 Å². The van der Waals surface area contributed by atoms with Crippen LogP contribution in [-0.4, -0.2) is 17.8 Å². The second-order valence-electron chi connectivity index (χ2n) is 7.45. The number of barbiturate groups is 1. The van der Waals surface area contributed by atoms with Crippen LogP contribution in [0.2, 0.25) is 0 Å². The van der Waals surface area contributed by atoms with E-state index in [2.05, 4.69) is 27.3 Å². The zero-order chi connectivity index (χ0) is 22.7. The number of imide groups is 2. The lowest BCUT2D eigenvalue weighted by atomic mass is 10.0. The quantitative estimate of drug-likeness (QED) is 0.393. The van der Waals surface area contributed by atoms with Gasteiger partial charge in [0, 0.05) is 4.47 Å². The molecule has 0 radical (unpaired) electrons. The number of para-hydroxylation sites is 1. The molecule has 0 bridgehead atoms. The van der Waals surface area contributed by atoms with Crippen LogP contribution in [0.15, 0.2) is 82.8 Å². The Bertz CT molecular complexity index is 1230. The number of nitrogens with zero attached hydrogens (tertiary/aromatic N) is 1. The molecule has 1 fully saturated rings. The molecule has 4 rings (SSSR count). The van der Waals surface area contributed by atoms with Crippen LogP contribution < -0.4 is 10.2 Å². The molecule has 1 heterocycles.